The number of carbonyl (C=O) groups is 2. The zero-order valence-corrected chi connectivity index (χ0v) is 13.4. The summed E-state index contributed by atoms with van der Waals surface area (Å²) in [6, 6.07) is 3.36. The smallest absolute Gasteiger partial charge is 0.257 e. The van der Waals surface area contributed by atoms with Gasteiger partial charge >= 0.3 is 0 Å². The molecular formula is C14H12BrN3O2S. The third kappa shape index (κ3) is 2.71. The van der Waals surface area contributed by atoms with Crippen molar-refractivity contribution in [3.63, 3.8) is 0 Å². The topological polar surface area (TPSA) is 85.1 Å². The van der Waals surface area contributed by atoms with E-state index in [1.165, 1.54) is 17.5 Å². The molecule has 7 heteroatoms. The SMILES string of the molecule is NC(=O)c1c(NC(=O)c2ccc(Br)nc2)sc2c1CCC2. The highest BCUT2D eigenvalue weighted by molar-refractivity contribution is 9.10. The molecule has 2 amide bonds. The van der Waals surface area contributed by atoms with Gasteiger partial charge in [0.25, 0.3) is 11.8 Å². The fraction of sp³-hybridized carbons (Fsp3) is 0.214. The molecule has 0 aliphatic heterocycles. The van der Waals surface area contributed by atoms with Crippen LogP contribution in [-0.2, 0) is 12.8 Å². The van der Waals surface area contributed by atoms with Crippen molar-refractivity contribution in [1.29, 1.82) is 0 Å². The van der Waals surface area contributed by atoms with E-state index in [4.69, 9.17) is 5.73 Å². The van der Waals surface area contributed by atoms with Gasteiger partial charge in [0.15, 0.2) is 0 Å². The van der Waals surface area contributed by atoms with Crippen molar-refractivity contribution in [3.8, 4) is 0 Å². The van der Waals surface area contributed by atoms with Gasteiger partial charge in [-0.2, -0.15) is 0 Å². The Bertz CT molecular complexity index is 725. The average Bonchev–Trinajstić information content (AvgIpc) is 2.98. The highest BCUT2D eigenvalue weighted by Crippen LogP contribution is 2.38. The van der Waals surface area contributed by atoms with Gasteiger partial charge in [0, 0.05) is 11.1 Å². The molecule has 2 heterocycles. The highest BCUT2D eigenvalue weighted by atomic mass is 79.9. The Morgan fingerprint density at radius 3 is 2.81 bits per heavy atom. The summed E-state index contributed by atoms with van der Waals surface area (Å²) < 4.78 is 0.659. The van der Waals surface area contributed by atoms with Crippen molar-refractivity contribution in [3.05, 3.63) is 44.5 Å². The fourth-order valence-electron chi connectivity index (χ4n) is 2.44. The molecule has 1 aliphatic rings. The van der Waals surface area contributed by atoms with Gasteiger partial charge in [-0.1, -0.05) is 0 Å². The molecule has 2 aromatic rings. The van der Waals surface area contributed by atoms with Crippen LogP contribution in [0.5, 0.6) is 0 Å². The maximum atomic E-state index is 12.2. The minimum atomic E-state index is -0.487. The van der Waals surface area contributed by atoms with Crippen LogP contribution in [0.15, 0.2) is 22.9 Å². The van der Waals surface area contributed by atoms with E-state index in [2.05, 4.69) is 26.2 Å². The van der Waals surface area contributed by atoms with Crippen LogP contribution in [0.25, 0.3) is 0 Å². The van der Waals surface area contributed by atoms with Crippen LogP contribution in [-0.4, -0.2) is 16.8 Å². The molecule has 21 heavy (non-hydrogen) atoms. The largest absolute Gasteiger partial charge is 0.365 e. The number of thiophene rings is 1. The van der Waals surface area contributed by atoms with Crippen molar-refractivity contribution >= 4 is 44.1 Å². The summed E-state index contributed by atoms with van der Waals surface area (Å²) >= 11 is 4.66. The van der Waals surface area contributed by atoms with Crippen molar-refractivity contribution in [2.45, 2.75) is 19.3 Å². The summed E-state index contributed by atoms with van der Waals surface area (Å²) in [6.07, 6.45) is 4.30. The summed E-state index contributed by atoms with van der Waals surface area (Å²) in [7, 11) is 0. The van der Waals surface area contributed by atoms with Crippen molar-refractivity contribution < 1.29 is 9.59 Å². The lowest BCUT2D eigenvalue weighted by Gasteiger charge is -2.05. The van der Waals surface area contributed by atoms with Crippen molar-refractivity contribution in [2.75, 3.05) is 5.32 Å². The zero-order valence-electron chi connectivity index (χ0n) is 11.0. The fourth-order valence-corrected chi connectivity index (χ4v) is 3.96. The van der Waals surface area contributed by atoms with E-state index in [9.17, 15) is 9.59 Å². The molecule has 1 aliphatic carbocycles. The first kappa shape index (κ1) is 14.2. The molecule has 2 aromatic heterocycles. The molecule has 0 bridgehead atoms. The second kappa shape index (κ2) is 5.57. The Morgan fingerprint density at radius 2 is 2.14 bits per heavy atom. The molecule has 0 unspecified atom stereocenters. The summed E-state index contributed by atoms with van der Waals surface area (Å²) in [5.41, 5.74) is 7.36. The van der Waals surface area contributed by atoms with Crippen LogP contribution in [0.2, 0.25) is 0 Å². The van der Waals surface area contributed by atoms with Crippen molar-refractivity contribution in [1.82, 2.24) is 4.98 Å². The number of fused-ring (bicyclic) bond motifs is 1. The molecular weight excluding hydrogens is 354 g/mol. The number of rotatable bonds is 3. The van der Waals surface area contributed by atoms with Crippen LogP contribution < -0.4 is 11.1 Å². The number of nitrogens with one attached hydrogen (secondary N) is 1. The van der Waals surface area contributed by atoms with Crippen LogP contribution in [0.1, 0.15) is 37.6 Å². The number of aryl methyl sites for hydroxylation is 1. The normalized spacial score (nSPS) is 13.0. The molecule has 0 saturated heterocycles. The first-order valence-electron chi connectivity index (χ1n) is 6.43. The number of pyridine rings is 1. The lowest BCUT2D eigenvalue weighted by atomic mass is 10.1. The van der Waals surface area contributed by atoms with Gasteiger partial charge in [-0.3, -0.25) is 9.59 Å². The van der Waals surface area contributed by atoms with Crippen LogP contribution in [0.4, 0.5) is 5.00 Å². The molecule has 5 nitrogen and oxygen atoms in total. The van der Waals surface area contributed by atoms with Gasteiger partial charge in [-0.05, 0) is 52.9 Å². The molecule has 0 radical (unpaired) electrons. The van der Waals surface area contributed by atoms with E-state index < -0.39 is 5.91 Å². The van der Waals surface area contributed by atoms with Gasteiger partial charge in [-0.15, -0.1) is 11.3 Å². The minimum absolute atomic E-state index is 0.294. The van der Waals surface area contributed by atoms with Gasteiger partial charge in [0.2, 0.25) is 0 Å². The average molecular weight is 366 g/mol. The first-order chi connectivity index (χ1) is 10.1. The van der Waals surface area contributed by atoms with E-state index >= 15 is 0 Å². The molecule has 0 aromatic carbocycles. The zero-order chi connectivity index (χ0) is 15.0. The van der Waals surface area contributed by atoms with Crippen LogP contribution >= 0.6 is 27.3 Å². The number of nitrogens with two attached hydrogens (primary N) is 1. The molecule has 0 fully saturated rings. The Kier molecular flexibility index (Phi) is 3.77. The molecule has 108 valence electrons. The number of anilines is 1. The molecule has 3 N–H and O–H groups in total. The number of hydrogen-bond acceptors (Lipinski definition) is 4. The quantitative estimate of drug-likeness (QED) is 0.820. The van der Waals surface area contributed by atoms with E-state index in [0.717, 1.165) is 29.7 Å². The summed E-state index contributed by atoms with van der Waals surface area (Å²) in [4.78, 5) is 29.0. The van der Waals surface area contributed by atoms with Crippen LogP contribution in [0.3, 0.4) is 0 Å². The van der Waals surface area contributed by atoms with Crippen molar-refractivity contribution in [2.24, 2.45) is 5.73 Å². The Balaban J connectivity index is 1.90. The Labute approximate surface area is 133 Å². The summed E-state index contributed by atoms with van der Waals surface area (Å²) in [6.45, 7) is 0. The van der Waals surface area contributed by atoms with E-state index in [1.807, 2.05) is 0 Å². The maximum absolute atomic E-state index is 12.2. The number of primary amides is 1. The predicted molar refractivity (Wildman–Crippen MR) is 84.8 cm³/mol. The molecule has 3 rings (SSSR count). The predicted octanol–water partition coefficient (Wildman–Crippen LogP) is 2.75. The van der Waals surface area contributed by atoms with Crippen LogP contribution in [0, 0.1) is 0 Å². The summed E-state index contributed by atoms with van der Waals surface area (Å²) in [5, 5.41) is 3.32. The monoisotopic (exact) mass is 365 g/mol. The van der Waals surface area contributed by atoms with Gasteiger partial charge in [0.1, 0.15) is 9.60 Å². The second-order valence-corrected chi connectivity index (χ2v) is 6.67. The van der Waals surface area contributed by atoms with E-state index in [0.29, 0.717) is 20.7 Å². The number of amides is 2. The number of carbonyl (C=O) groups excluding carboxylic acids is 2. The third-order valence-corrected chi connectivity index (χ3v) is 5.06. The first-order valence-corrected chi connectivity index (χ1v) is 8.04. The van der Waals surface area contributed by atoms with E-state index in [-0.39, 0.29) is 5.91 Å². The Morgan fingerprint density at radius 1 is 1.33 bits per heavy atom. The second-order valence-electron chi connectivity index (χ2n) is 4.75. The van der Waals surface area contributed by atoms with Gasteiger partial charge < -0.3 is 11.1 Å². The minimum Gasteiger partial charge on any atom is -0.365 e. The molecule has 0 saturated carbocycles. The lowest BCUT2D eigenvalue weighted by molar-refractivity contribution is 0.100. The third-order valence-electron chi connectivity index (χ3n) is 3.38. The standard InChI is InChI=1S/C14H12BrN3O2S/c15-10-5-4-7(6-17-10)13(20)18-14-11(12(16)19)8-2-1-3-9(8)21-14/h4-6H,1-3H2,(H2,16,19)(H,18,20). The molecule has 0 atom stereocenters. The van der Waals surface area contributed by atoms with Gasteiger partial charge in [-0.25, -0.2) is 4.98 Å². The number of aromatic nitrogens is 1. The lowest BCUT2D eigenvalue weighted by Crippen LogP contribution is -2.17. The van der Waals surface area contributed by atoms with Gasteiger partial charge in [0.05, 0.1) is 11.1 Å². The number of halogens is 1. The Hall–Kier alpha value is -1.73. The number of nitrogens with zero attached hydrogens (tertiary/aromatic N) is 1. The molecule has 0 spiro atoms. The maximum Gasteiger partial charge on any atom is 0.257 e. The highest BCUT2D eigenvalue weighted by Gasteiger charge is 2.26. The number of hydrogen-bond donors (Lipinski definition) is 2. The van der Waals surface area contributed by atoms with E-state index in [1.54, 1.807) is 12.1 Å². The summed E-state index contributed by atoms with van der Waals surface area (Å²) in [5.74, 6) is -0.781.